The van der Waals surface area contributed by atoms with Crippen molar-refractivity contribution >= 4 is 5.91 Å². The van der Waals surface area contributed by atoms with Crippen LogP contribution in [-0.2, 0) is 0 Å². The van der Waals surface area contributed by atoms with Gasteiger partial charge in [-0.25, -0.2) is 4.68 Å². The molecule has 0 radical (unpaired) electrons. The molecule has 0 N–H and O–H groups in total. The number of aromatic nitrogens is 2. The van der Waals surface area contributed by atoms with Gasteiger partial charge in [0.25, 0.3) is 5.91 Å². The van der Waals surface area contributed by atoms with Gasteiger partial charge in [-0.3, -0.25) is 4.79 Å². The lowest BCUT2D eigenvalue weighted by molar-refractivity contribution is 0.0766. The van der Waals surface area contributed by atoms with Crippen LogP contribution in [0.3, 0.4) is 0 Å². The molecule has 4 heteroatoms. The Bertz CT molecular complexity index is 664. The summed E-state index contributed by atoms with van der Waals surface area (Å²) in [6, 6.07) is 9.57. The fraction of sp³-hybridized carbons (Fsp3) is 0.375. The SMILES string of the molecule is CC12CC1CN(C(=O)c1cccc(-n3cccn3)c1)C2. The largest absolute Gasteiger partial charge is 0.338 e. The minimum Gasteiger partial charge on any atom is -0.338 e. The van der Waals surface area contributed by atoms with Crippen LogP contribution < -0.4 is 0 Å². The summed E-state index contributed by atoms with van der Waals surface area (Å²) >= 11 is 0. The molecule has 2 heterocycles. The van der Waals surface area contributed by atoms with E-state index in [1.165, 1.54) is 6.42 Å². The lowest BCUT2D eigenvalue weighted by Gasteiger charge is -2.19. The summed E-state index contributed by atoms with van der Waals surface area (Å²) in [5, 5.41) is 4.21. The standard InChI is InChI=1S/C16H17N3O/c1-16-9-13(16)10-18(11-16)15(20)12-4-2-5-14(8-12)19-7-3-6-17-19/h2-8,13H,9-11H2,1H3. The molecule has 2 unspecified atom stereocenters. The average molecular weight is 267 g/mol. The summed E-state index contributed by atoms with van der Waals surface area (Å²) in [5.41, 5.74) is 2.08. The van der Waals surface area contributed by atoms with Gasteiger partial charge in [0, 0.05) is 31.0 Å². The van der Waals surface area contributed by atoms with E-state index in [2.05, 4.69) is 12.0 Å². The predicted molar refractivity (Wildman–Crippen MR) is 75.7 cm³/mol. The Balaban J connectivity index is 1.59. The number of hydrogen-bond acceptors (Lipinski definition) is 2. The molecule has 2 aliphatic rings. The highest BCUT2D eigenvalue weighted by Crippen LogP contribution is 2.57. The number of carbonyl (C=O) groups excluding carboxylic acids is 1. The first-order valence-electron chi connectivity index (χ1n) is 7.05. The molecule has 1 aromatic carbocycles. The van der Waals surface area contributed by atoms with E-state index >= 15 is 0 Å². The number of fused-ring (bicyclic) bond motifs is 1. The number of likely N-dealkylation sites (tertiary alicyclic amines) is 1. The number of piperidine rings is 1. The van der Waals surface area contributed by atoms with E-state index < -0.39 is 0 Å². The molecular weight excluding hydrogens is 250 g/mol. The Labute approximate surface area is 118 Å². The average Bonchev–Trinajstić information content (AvgIpc) is 2.90. The van der Waals surface area contributed by atoms with Crippen molar-refractivity contribution in [2.75, 3.05) is 13.1 Å². The van der Waals surface area contributed by atoms with Crippen molar-refractivity contribution in [3.63, 3.8) is 0 Å². The molecule has 1 aliphatic heterocycles. The molecule has 2 fully saturated rings. The number of nitrogens with zero attached hydrogens (tertiary/aromatic N) is 3. The number of carbonyl (C=O) groups is 1. The second-order valence-electron chi connectivity index (χ2n) is 6.24. The molecule has 2 aromatic rings. The van der Waals surface area contributed by atoms with Crippen molar-refractivity contribution in [3.05, 3.63) is 48.3 Å². The molecule has 1 aliphatic carbocycles. The second-order valence-corrected chi connectivity index (χ2v) is 6.24. The summed E-state index contributed by atoms with van der Waals surface area (Å²) < 4.78 is 1.78. The highest BCUT2D eigenvalue weighted by atomic mass is 16.2. The van der Waals surface area contributed by atoms with E-state index in [0.29, 0.717) is 5.41 Å². The molecule has 102 valence electrons. The van der Waals surface area contributed by atoms with Gasteiger partial charge >= 0.3 is 0 Å². The summed E-state index contributed by atoms with van der Waals surface area (Å²) in [6.07, 6.45) is 4.91. The molecule has 1 saturated heterocycles. The summed E-state index contributed by atoms with van der Waals surface area (Å²) in [5.74, 6) is 0.869. The first-order chi connectivity index (χ1) is 9.66. The van der Waals surface area contributed by atoms with Gasteiger partial charge in [0.1, 0.15) is 0 Å². The van der Waals surface area contributed by atoms with E-state index in [4.69, 9.17) is 0 Å². The summed E-state index contributed by atoms with van der Waals surface area (Å²) in [4.78, 5) is 14.6. The maximum Gasteiger partial charge on any atom is 0.253 e. The summed E-state index contributed by atoms with van der Waals surface area (Å²) in [6.45, 7) is 4.11. The smallest absolute Gasteiger partial charge is 0.253 e. The number of amides is 1. The van der Waals surface area contributed by atoms with E-state index in [1.807, 2.05) is 41.4 Å². The number of hydrogen-bond donors (Lipinski definition) is 0. The zero-order valence-corrected chi connectivity index (χ0v) is 11.5. The minimum atomic E-state index is 0.146. The zero-order chi connectivity index (χ0) is 13.7. The monoisotopic (exact) mass is 267 g/mol. The van der Waals surface area contributed by atoms with Crippen molar-refractivity contribution in [1.29, 1.82) is 0 Å². The molecule has 1 amide bonds. The van der Waals surface area contributed by atoms with Crippen molar-refractivity contribution in [2.24, 2.45) is 11.3 Å². The number of benzene rings is 1. The molecule has 20 heavy (non-hydrogen) atoms. The lowest BCUT2D eigenvalue weighted by Crippen LogP contribution is -2.31. The van der Waals surface area contributed by atoms with Crippen LogP contribution in [0.15, 0.2) is 42.7 Å². The Morgan fingerprint density at radius 3 is 3.00 bits per heavy atom. The summed E-state index contributed by atoms with van der Waals surface area (Å²) in [7, 11) is 0. The predicted octanol–water partition coefficient (Wildman–Crippen LogP) is 2.35. The third-order valence-corrected chi connectivity index (χ3v) is 4.68. The van der Waals surface area contributed by atoms with Crippen LogP contribution in [0.1, 0.15) is 23.7 Å². The Morgan fingerprint density at radius 1 is 1.40 bits per heavy atom. The zero-order valence-electron chi connectivity index (χ0n) is 11.5. The second kappa shape index (κ2) is 3.95. The topological polar surface area (TPSA) is 38.1 Å². The van der Waals surface area contributed by atoms with Crippen molar-refractivity contribution in [2.45, 2.75) is 13.3 Å². The first-order valence-corrected chi connectivity index (χ1v) is 7.05. The van der Waals surface area contributed by atoms with Gasteiger partial charge in [-0.15, -0.1) is 0 Å². The van der Waals surface area contributed by atoms with Gasteiger partial charge in [0.05, 0.1) is 5.69 Å². The van der Waals surface area contributed by atoms with Gasteiger partial charge in [0.2, 0.25) is 0 Å². The molecule has 2 atom stereocenters. The van der Waals surface area contributed by atoms with Gasteiger partial charge in [-0.2, -0.15) is 5.10 Å². The van der Waals surface area contributed by atoms with Crippen LogP contribution in [0.4, 0.5) is 0 Å². The van der Waals surface area contributed by atoms with Crippen LogP contribution in [0.25, 0.3) is 5.69 Å². The fourth-order valence-corrected chi connectivity index (χ4v) is 3.29. The maximum absolute atomic E-state index is 12.6. The van der Waals surface area contributed by atoms with Gasteiger partial charge in [-0.1, -0.05) is 13.0 Å². The van der Waals surface area contributed by atoms with Gasteiger partial charge < -0.3 is 4.90 Å². The highest BCUT2D eigenvalue weighted by molar-refractivity contribution is 5.95. The quantitative estimate of drug-likeness (QED) is 0.837. The van der Waals surface area contributed by atoms with Crippen LogP contribution in [0.2, 0.25) is 0 Å². The van der Waals surface area contributed by atoms with E-state index in [0.717, 1.165) is 30.3 Å². The maximum atomic E-state index is 12.6. The molecule has 0 spiro atoms. The Morgan fingerprint density at radius 2 is 2.30 bits per heavy atom. The van der Waals surface area contributed by atoms with E-state index in [9.17, 15) is 4.79 Å². The molecule has 0 bridgehead atoms. The Hall–Kier alpha value is -2.10. The molecule has 1 saturated carbocycles. The molecule has 1 aromatic heterocycles. The highest BCUT2D eigenvalue weighted by Gasteiger charge is 2.57. The third kappa shape index (κ3) is 1.75. The van der Waals surface area contributed by atoms with E-state index in [1.54, 1.807) is 10.9 Å². The van der Waals surface area contributed by atoms with Gasteiger partial charge in [0.15, 0.2) is 0 Å². The minimum absolute atomic E-state index is 0.146. The number of rotatable bonds is 2. The third-order valence-electron chi connectivity index (χ3n) is 4.68. The Kier molecular flexibility index (Phi) is 2.31. The van der Waals surface area contributed by atoms with Crippen molar-refractivity contribution in [3.8, 4) is 5.69 Å². The molecule has 4 rings (SSSR count). The lowest BCUT2D eigenvalue weighted by atomic mass is 10.1. The van der Waals surface area contributed by atoms with Crippen LogP contribution >= 0.6 is 0 Å². The van der Waals surface area contributed by atoms with Crippen LogP contribution in [0, 0.1) is 11.3 Å². The van der Waals surface area contributed by atoms with Gasteiger partial charge in [-0.05, 0) is 42.0 Å². The fourth-order valence-electron chi connectivity index (χ4n) is 3.29. The van der Waals surface area contributed by atoms with Crippen molar-refractivity contribution in [1.82, 2.24) is 14.7 Å². The normalized spacial score (nSPS) is 27.4. The van der Waals surface area contributed by atoms with Crippen LogP contribution in [-0.4, -0.2) is 33.7 Å². The molecular formula is C16H17N3O. The first kappa shape index (κ1) is 11.7. The van der Waals surface area contributed by atoms with Crippen molar-refractivity contribution < 1.29 is 4.79 Å². The van der Waals surface area contributed by atoms with E-state index in [-0.39, 0.29) is 5.91 Å². The van der Waals surface area contributed by atoms with Crippen LogP contribution in [0.5, 0.6) is 0 Å². The molecule has 4 nitrogen and oxygen atoms in total.